The summed E-state index contributed by atoms with van der Waals surface area (Å²) in [5.41, 5.74) is 13.0. The van der Waals surface area contributed by atoms with Crippen molar-refractivity contribution in [3.63, 3.8) is 0 Å². The van der Waals surface area contributed by atoms with Crippen molar-refractivity contribution in [3.05, 3.63) is 291 Å². The predicted molar refractivity (Wildman–Crippen MR) is 413 cm³/mol. The van der Waals surface area contributed by atoms with Crippen LogP contribution in [0, 0.1) is 6.92 Å². The lowest BCUT2D eigenvalue weighted by Gasteiger charge is -2.08. The number of unbranched alkanes of at least 4 members (excludes halogenated alkanes) is 3. The highest BCUT2D eigenvalue weighted by atomic mass is 35.5. The lowest BCUT2D eigenvalue weighted by atomic mass is 9.97. The number of hydrogen-bond donors (Lipinski definition) is 0. The Labute approximate surface area is 607 Å². The van der Waals surface area contributed by atoms with Gasteiger partial charge in [0, 0.05) is 119 Å². The molecule has 0 saturated heterocycles. The van der Waals surface area contributed by atoms with Gasteiger partial charge in [-0.25, -0.2) is 14.4 Å². The van der Waals surface area contributed by atoms with Crippen LogP contribution in [0.25, 0.3) is 43.6 Å². The molecule has 12 aromatic rings. The number of hydrogen-bond acceptors (Lipinski definition) is 14. The smallest absolute Gasteiger partial charge is 0.341 e. The summed E-state index contributed by atoms with van der Waals surface area (Å²) in [6.45, 7) is 16.1. The van der Waals surface area contributed by atoms with Gasteiger partial charge in [-0.1, -0.05) is 168 Å². The third-order valence-corrected chi connectivity index (χ3v) is 19.4. The summed E-state index contributed by atoms with van der Waals surface area (Å²) in [6, 6.07) is 73.4. The lowest BCUT2D eigenvalue weighted by Crippen LogP contribution is -2.16. The second kappa shape index (κ2) is 35.5. The Bertz CT molecular complexity index is 5140. The molecule has 0 spiro atoms. The van der Waals surface area contributed by atoms with E-state index in [1.54, 1.807) is 73.8 Å². The quantitative estimate of drug-likeness (QED) is 0.0140. The molecule has 102 heavy (non-hydrogen) atoms. The second-order valence-electron chi connectivity index (χ2n) is 24.2. The maximum atomic E-state index is 13.6. The number of halogens is 1. The molecule has 0 atom stereocenters. The third-order valence-electron chi connectivity index (χ3n) is 17.0. The van der Waals surface area contributed by atoms with E-state index >= 15 is 0 Å². The van der Waals surface area contributed by atoms with E-state index in [1.165, 1.54) is 19.4 Å². The van der Waals surface area contributed by atoms with Gasteiger partial charge >= 0.3 is 17.9 Å². The van der Waals surface area contributed by atoms with E-state index in [9.17, 15) is 28.8 Å². The molecule has 10 aromatic carbocycles. The average Bonchev–Trinajstić information content (AvgIpc) is 1.60. The normalized spacial score (nSPS) is 11.6. The van der Waals surface area contributed by atoms with Crippen LogP contribution in [0.3, 0.4) is 0 Å². The number of thioether (sulfide) groups is 1. The van der Waals surface area contributed by atoms with Gasteiger partial charge in [0.15, 0.2) is 11.6 Å². The second-order valence-corrected chi connectivity index (χ2v) is 26.8. The first-order chi connectivity index (χ1) is 49.4. The first-order valence-electron chi connectivity index (χ1n) is 33.8. The largest absolute Gasteiger partial charge is 0.365 e. The number of nitrogens with zero attached hydrogens (tertiary/aromatic N) is 5. The van der Waals surface area contributed by atoms with E-state index in [1.807, 2.05) is 189 Å². The number of fused-ring (bicyclic) bond motifs is 6. The molecule has 0 N–H and O–H groups in total. The molecule has 0 amide bonds. The molecule has 0 unspecified atom stereocenters. The molecule has 0 fully saturated rings. The maximum absolute atomic E-state index is 13.6. The number of Topliss-reactive ketones (excluding diaryl/α,β-unsaturated/α-hetero) is 1. The van der Waals surface area contributed by atoms with Crippen molar-refractivity contribution in [2.45, 2.75) is 121 Å². The number of ketones is 3. The van der Waals surface area contributed by atoms with Gasteiger partial charge in [0.2, 0.25) is 5.78 Å². The molecular formula is C85H78ClN5O9S2. The Morgan fingerprint density at radius 3 is 1.37 bits per heavy atom. The summed E-state index contributed by atoms with van der Waals surface area (Å²) in [6.07, 6.45) is 4.49. The first-order valence-corrected chi connectivity index (χ1v) is 36.0. The van der Waals surface area contributed by atoms with Gasteiger partial charge in [-0.15, -0.1) is 11.8 Å². The van der Waals surface area contributed by atoms with Crippen LogP contribution in [-0.4, -0.2) is 61.5 Å². The van der Waals surface area contributed by atoms with Crippen LogP contribution < -0.4 is 0 Å². The predicted octanol–water partition coefficient (Wildman–Crippen LogP) is 21.1. The Balaban J connectivity index is 0.000000166. The van der Waals surface area contributed by atoms with Gasteiger partial charge in [-0.2, -0.15) is 0 Å². The van der Waals surface area contributed by atoms with E-state index in [-0.39, 0.29) is 23.1 Å². The van der Waals surface area contributed by atoms with Crippen LogP contribution in [0.15, 0.2) is 261 Å². The van der Waals surface area contributed by atoms with Gasteiger partial charge in [0.05, 0.1) is 22.0 Å². The summed E-state index contributed by atoms with van der Waals surface area (Å²) in [7, 11) is 0. The van der Waals surface area contributed by atoms with Crippen molar-refractivity contribution in [1.82, 2.24) is 9.13 Å². The minimum atomic E-state index is -0.570. The number of carbonyl (C=O) groups excluding carboxylic acids is 6. The molecule has 2 aromatic heterocycles. The highest BCUT2D eigenvalue weighted by molar-refractivity contribution is 7.99. The van der Waals surface area contributed by atoms with E-state index in [2.05, 4.69) is 57.5 Å². The number of rotatable bonds is 24. The number of oxime groups is 3. The molecule has 0 saturated carbocycles. The Kier molecular flexibility index (Phi) is 25.7. The maximum Gasteiger partial charge on any atom is 0.365 e. The Morgan fingerprint density at radius 1 is 0.422 bits per heavy atom. The van der Waals surface area contributed by atoms with E-state index < -0.39 is 17.9 Å². The molecule has 12 rings (SSSR count). The highest BCUT2D eigenvalue weighted by Gasteiger charge is 2.21. The van der Waals surface area contributed by atoms with E-state index in [0.717, 1.165) is 120 Å². The fourth-order valence-electron chi connectivity index (χ4n) is 11.8. The number of aromatic nitrogens is 2. The van der Waals surface area contributed by atoms with Crippen LogP contribution >= 0.6 is 35.1 Å². The van der Waals surface area contributed by atoms with Crippen molar-refractivity contribution in [2.75, 3.05) is 0 Å². The molecule has 0 aliphatic rings. The van der Waals surface area contributed by atoms with Gasteiger partial charge in [0.25, 0.3) is 0 Å². The summed E-state index contributed by atoms with van der Waals surface area (Å²) < 4.78 is 4.45. The Morgan fingerprint density at radius 2 is 0.873 bits per heavy atom. The summed E-state index contributed by atoms with van der Waals surface area (Å²) in [5, 5.41) is 16.3. The molecule has 0 bridgehead atoms. The minimum absolute atomic E-state index is 0.0150. The van der Waals surface area contributed by atoms with Crippen LogP contribution in [0.5, 0.6) is 0 Å². The monoisotopic (exact) mass is 1410 g/mol. The van der Waals surface area contributed by atoms with Crippen LogP contribution in [-0.2, 0) is 42.9 Å². The molecule has 17 heteroatoms. The highest BCUT2D eigenvalue weighted by Crippen LogP contribution is 2.36. The fourth-order valence-corrected chi connectivity index (χ4v) is 13.8. The van der Waals surface area contributed by atoms with Crippen LogP contribution in [0.1, 0.15) is 155 Å². The van der Waals surface area contributed by atoms with E-state index in [4.69, 9.17) is 26.1 Å². The molecule has 516 valence electrons. The standard InChI is InChI=1S/C32H27ClN2O3S.C27H27NO3S.C26H24N2O3/c1-4-35-30-14-10-23(20(2)34-38-21(3)36)16-27(30)28-17-24(11-15-31(28)35)32(37)26-13-12-25(18-29(26)33)39-19-22-8-6-5-7-9-22;1-2-3-4-11-16-25(28-31-27(30)22-12-7-5-8-13-22)26(29)21-17-19-24(20-18-21)32-23-14-9-6-10-15-23;1-5-28-24-12-10-19(17(3)27-31-18(4)29)14-22(24)23-15-20(11-13-25(23)28)26(30)21-9-7-6-8-16(21)2/h5-18H,4,19H2,1-3H3;5-10,12-15,17-20H,2-4,11,16H2,1H3;6-15H,5H2,1-4H3/b34-20+;28-25+;27-17+. The molecular weight excluding hydrogens is 1330 g/mol. The van der Waals surface area contributed by atoms with Crippen molar-refractivity contribution in [1.29, 1.82) is 0 Å². The molecule has 0 aliphatic heterocycles. The molecule has 14 nitrogen and oxygen atoms in total. The fraction of sp³-hybridized carbons (Fsp3) is 0.188. The zero-order chi connectivity index (χ0) is 72.2. The summed E-state index contributed by atoms with van der Waals surface area (Å²) in [4.78, 5) is 92.3. The third kappa shape index (κ3) is 18.6. The summed E-state index contributed by atoms with van der Waals surface area (Å²) >= 11 is 9.94. The van der Waals surface area contributed by atoms with Crippen molar-refractivity contribution >= 4 is 131 Å². The van der Waals surface area contributed by atoms with Crippen molar-refractivity contribution in [3.8, 4) is 0 Å². The minimum Gasteiger partial charge on any atom is -0.341 e. The number of benzene rings is 10. The molecule has 2 heterocycles. The van der Waals surface area contributed by atoms with Gasteiger partial charge in [-0.05, 0) is 197 Å². The topological polar surface area (TPSA) is 177 Å². The average molecular weight is 1410 g/mol. The molecule has 0 aliphatic carbocycles. The van der Waals surface area contributed by atoms with Gasteiger partial charge in [0.1, 0.15) is 5.71 Å². The van der Waals surface area contributed by atoms with Crippen LogP contribution in [0.2, 0.25) is 5.02 Å². The van der Waals surface area contributed by atoms with Crippen LogP contribution in [0.4, 0.5) is 0 Å². The van der Waals surface area contributed by atoms with Gasteiger partial charge < -0.3 is 23.6 Å². The number of aryl methyl sites for hydroxylation is 3. The number of carbonyl (C=O) groups is 6. The summed E-state index contributed by atoms with van der Waals surface area (Å²) in [5.74, 6) is -0.984. The first kappa shape index (κ1) is 73.9. The van der Waals surface area contributed by atoms with Gasteiger partial charge in [-0.3, -0.25) is 14.4 Å². The lowest BCUT2D eigenvalue weighted by molar-refractivity contribution is -0.141. The van der Waals surface area contributed by atoms with E-state index in [0.29, 0.717) is 56.2 Å². The SMILES string of the molecule is CCCCCC/C(=N\OC(=O)c1ccccc1)C(=O)c1ccc(Sc2ccccc2)cc1.CCn1c2ccc(C(=O)c3ccc(SCc4ccccc4)cc3Cl)cc2c2cc(/C(C)=N/OC(C)=O)ccc21.CCn1c2ccc(C(=O)c3ccccc3C)cc2c2cc(/C(C)=N/OC(C)=O)ccc21. The van der Waals surface area contributed by atoms with Crippen molar-refractivity contribution in [2.24, 2.45) is 15.5 Å². The zero-order valence-corrected chi connectivity index (χ0v) is 60.6. The van der Waals surface area contributed by atoms with Crippen molar-refractivity contribution < 1.29 is 43.3 Å². The molecule has 0 radical (unpaired) electrons. The zero-order valence-electron chi connectivity index (χ0n) is 58.2. The Hall–Kier alpha value is -10.8.